The maximum absolute atomic E-state index is 11.5. The molecule has 0 aliphatic carbocycles. The quantitative estimate of drug-likeness (QED) is 0.808. The molecule has 110 valence electrons. The Labute approximate surface area is 125 Å². The molecule has 1 heterocycles. The fourth-order valence-corrected chi connectivity index (χ4v) is 3.21. The molecule has 3 nitrogen and oxygen atoms in total. The molecule has 3 rings (SSSR count). The van der Waals surface area contributed by atoms with Crippen molar-refractivity contribution in [3.8, 4) is 0 Å². The molecule has 1 aliphatic heterocycles. The minimum Gasteiger partial charge on any atom is -0.391 e. The van der Waals surface area contributed by atoms with Gasteiger partial charge >= 0.3 is 0 Å². The van der Waals surface area contributed by atoms with Crippen molar-refractivity contribution in [1.82, 2.24) is 5.32 Å². The third kappa shape index (κ3) is 2.60. The molecule has 2 aromatic carbocycles. The lowest BCUT2D eigenvalue weighted by molar-refractivity contribution is -0.0355. The van der Waals surface area contributed by atoms with E-state index < -0.39 is 17.7 Å². The van der Waals surface area contributed by atoms with Crippen LogP contribution >= 0.6 is 0 Å². The monoisotopic (exact) mass is 283 g/mol. The van der Waals surface area contributed by atoms with E-state index in [1.54, 1.807) is 0 Å². The molecule has 1 aliphatic rings. The second-order valence-corrected chi connectivity index (χ2v) is 5.64. The lowest BCUT2D eigenvalue weighted by Crippen LogP contribution is -2.58. The number of hydrogen-bond acceptors (Lipinski definition) is 3. The SMILES string of the molecule is O[C@@H]1CCCN[C@@H]1C(O)(c1ccccc1)c1ccccc1. The minimum absolute atomic E-state index is 0.406. The summed E-state index contributed by atoms with van der Waals surface area (Å²) < 4.78 is 0. The van der Waals surface area contributed by atoms with Gasteiger partial charge in [-0.3, -0.25) is 0 Å². The van der Waals surface area contributed by atoms with Crippen molar-refractivity contribution < 1.29 is 10.2 Å². The molecule has 2 aromatic rings. The van der Waals surface area contributed by atoms with Crippen molar-refractivity contribution in [2.24, 2.45) is 0 Å². The molecule has 0 unspecified atom stereocenters. The fraction of sp³-hybridized carbons (Fsp3) is 0.333. The van der Waals surface area contributed by atoms with Crippen molar-refractivity contribution in [3.63, 3.8) is 0 Å². The number of hydrogen-bond donors (Lipinski definition) is 3. The van der Waals surface area contributed by atoms with Crippen LogP contribution in [0.4, 0.5) is 0 Å². The molecule has 3 N–H and O–H groups in total. The molecule has 3 heteroatoms. The first-order valence-corrected chi connectivity index (χ1v) is 7.48. The molecular weight excluding hydrogens is 262 g/mol. The highest BCUT2D eigenvalue weighted by molar-refractivity contribution is 5.38. The molecule has 0 saturated carbocycles. The molecule has 1 saturated heterocycles. The predicted octanol–water partition coefficient (Wildman–Crippen LogP) is 2.04. The minimum atomic E-state index is -1.23. The van der Waals surface area contributed by atoms with Crippen LogP contribution in [0.25, 0.3) is 0 Å². The molecule has 0 spiro atoms. The van der Waals surface area contributed by atoms with Gasteiger partial charge in [-0.1, -0.05) is 60.7 Å². The molecule has 0 bridgehead atoms. The van der Waals surface area contributed by atoms with E-state index in [0.29, 0.717) is 6.42 Å². The molecule has 1 fully saturated rings. The fourth-order valence-electron chi connectivity index (χ4n) is 3.21. The van der Waals surface area contributed by atoms with E-state index in [2.05, 4.69) is 5.32 Å². The van der Waals surface area contributed by atoms with Crippen molar-refractivity contribution in [1.29, 1.82) is 0 Å². The lowest BCUT2D eigenvalue weighted by atomic mass is 9.76. The Bertz CT molecular complexity index is 531. The number of aliphatic hydroxyl groups excluding tert-OH is 1. The Morgan fingerprint density at radius 3 is 1.90 bits per heavy atom. The standard InChI is InChI=1S/C18H21NO2/c20-16-12-7-13-19-17(16)18(21,14-8-3-1-4-9-14)15-10-5-2-6-11-15/h1-6,8-11,16-17,19-21H,7,12-13H2/t16-,17+/m1/s1. The van der Waals surface area contributed by atoms with Gasteiger partial charge in [0.05, 0.1) is 12.1 Å². The smallest absolute Gasteiger partial charge is 0.132 e. The van der Waals surface area contributed by atoms with Crippen LogP contribution in [-0.2, 0) is 5.60 Å². The predicted molar refractivity (Wildman–Crippen MR) is 82.9 cm³/mol. The van der Waals surface area contributed by atoms with Crippen LogP contribution in [0.3, 0.4) is 0 Å². The highest BCUT2D eigenvalue weighted by Crippen LogP contribution is 2.36. The van der Waals surface area contributed by atoms with Crippen molar-refractivity contribution >= 4 is 0 Å². The Morgan fingerprint density at radius 1 is 0.905 bits per heavy atom. The van der Waals surface area contributed by atoms with Gasteiger partial charge in [-0.2, -0.15) is 0 Å². The first kappa shape index (κ1) is 14.3. The number of piperidine rings is 1. The highest BCUT2D eigenvalue weighted by Gasteiger charge is 2.44. The number of nitrogens with one attached hydrogen (secondary N) is 1. The summed E-state index contributed by atoms with van der Waals surface area (Å²) in [4.78, 5) is 0. The normalized spacial score (nSPS) is 23.0. The number of benzene rings is 2. The summed E-state index contributed by atoms with van der Waals surface area (Å²) >= 11 is 0. The highest BCUT2D eigenvalue weighted by atomic mass is 16.3. The van der Waals surface area contributed by atoms with Crippen LogP contribution in [-0.4, -0.2) is 28.9 Å². The van der Waals surface area contributed by atoms with Crippen molar-refractivity contribution in [2.75, 3.05) is 6.54 Å². The average Bonchev–Trinajstić information content (AvgIpc) is 2.56. The summed E-state index contributed by atoms with van der Waals surface area (Å²) in [6.45, 7) is 0.809. The van der Waals surface area contributed by atoms with Crippen LogP contribution in [0.1, 0.15) is 24.0 Å². The largest absolute Gasteiger partial charge is 0.391 e. The van der Waals surface area contributed by atoms with Crippen LogP contribution in [0.5, 0.6) is 0 Å². The van der Waals surface area contributed by atoms with Crippen molar-refractivity contribution in [3.05, 3.63) is 71.8 Å². The zero-order chi connectivity index (χ0) is 14.7. The van der Waals surface area contributed by atoms with E-state index >= 15 is 0 Å². The summed E-state index contributed by atoms with van der Waals surface area (Å²) in [6.07, 6.45) is 1.07. The third-order valence-electron chi connectivity index (χ3n) is 4.30. The van der Waals surface area contributed by atoms with E-state index in [1.807, 2.05) is 60.7 Å². The topological polar surface area (TPSA) is 52.5 Å². The molecule has 0 aromatic heterocycles. The Balaban J connectivity index is 2.11. The Hall–Kier alpha value is -1.68. The van der Waals surface area contributed by atoms with Gasteiger partial charge in [0, 0.05) is 0 Å². The van der Waals surface area contributed by atoms with Crippen molar-refractivity contribution in [2.45, 2.75) is 30.6 Å². The van der Waals surface area contributed by atoms with Gasteiger partial charge in [0.1, 0.15) is 5.60 Å². The lowest BCUT2D eigenvalue weighted by Gasteiger charge is -2.42. The van der Waals surface area contributed by atoms with Gasteiger partial charge < -0.3 is 15.5 Å². The van der Waals surface area contributed by atoms with E-state index in [1.165, 1.54) is 0 Å². The van der Waals surface area contributed by atoms with Crippen LogP contribution in [0.2, 0.25) is 0 Å². The second-order valence-electron chi connectivity index (χ2n) is 5.64. The molecular formula is C18H21NO2. The second kappa shape index (κ2) is 5.98. The summed E-state index contributed by atoms with van der Waals surface area (Å²) in [5.74, 6) is 0. The number of rotatable bonds is 3. The van der Waals surface area contributed by atoms with E-state index in [0.717, 1.165) is 24.1 Å². The van der Waals surface area contributed by atoms with E-state index in [4.69, 9.17) is 0 Å². The summed E-state index contributed by atoms with van der Waals surface area (Å²) in [5, 5.41) is 25.2. The third-order valence-corrected chi connectivity index (χ3v) is 4.30. The van der Waals surface area contributed by atoms with E-state index in [-0.39, 0.29) is 0 Å². The van der Waals surface area contributed by atoms with Gasteiger partial charge in [0.2, 0.25) is 0 Å². The van der Waals surface area contributed by atoms with Gasteiger partial charge in [-0.25, -0.2) is 0 Å². The van der Waals surface area contributed by atoms with Gasteiger partial charge in [-0.05, 0) is 30.5 Å². The zero-order valence-corrected chi connectivity index (χ0v) is 11.9. The van der Waals surface area contributed by atoms with Gasteiger partial charge in [-0.15, -0.1) is 0 Å². The molecule has 0 radical (unpaired) electrons. The summed E-state index contributed by atoms with van der Waals surface area (Å²) in [7, 11) is 0. The van der Waals surface area contributed by atoms with E-state index in [9.17, 15) is 10.2 Å². The van der Waals surface area contributed by atoms with Gasteiger partial charge in [0.15, 0.2) is 0 Å². The zero-order valence-electron chi connectivity index (χ0n) is 11.9. The van der Waals surface area contributed by atoms with Gasteiger partial charge in [0.25, 0.3) is 0 Å². The van der Waals surface area contributed by atoms with Crippen LogP contribution in [0.15, 0.2) is 60.7 Å². The summed E-state index contributed by atoms with van der Waals surface area (Å²) in [5.41, 5.74) is 0.367. The summed E-state index contributed by atoms with van der Waals surface area (Å²) in [6, 6.07) is 18.8. The Kier molecular flexibility index (Phi) is 4.06. The molecule has 21 heavy (non-hydrogen) atoms. The van der Waals surface area contributed by atoms with Crippen LogP contribution in [0, 0.1) is 0 Å². The maximum atomic E-state index is 11.5. The van der Waals surface area contributed by atoms with Crippen LogP contribution < -0.4 is 5.32 Å². The number of aliphatic hydroxyl groups is 2. The first-order chi connectivity index (χ1) is 10.2. The molecule has 0 amide bonds. The first-order valence-electron chi connectivity index (χ1n) is 7.48. The maximum Gasteiger partial charge on any atom is 0.132 e. The molecule has 2 atom stereocenters. The average molecular weight is 283 g/mol. The Morgan fingerprint density at radius 2 is 1.43 bits per heavy atom.